The molecule has 0 unspecified atom stereocenters. The summed E-state index contributed by atoms with van der Waals surface area (Å²) in [6.45, 7) is 4.35. The molecule has 0 atom stereocenters. The molecule has 0 aliphatic heterocycles. The van der Waals surface area contributed by atoms with Crippen LogP contribution in [0.5, 0.6) is 0 Å². The average Bonchev–Trinajstić information content (AvgIpc) is 2.18. The normalized spacial score (nSPS) is 8.15. The summed E-state index contributed by atoms with van der Waals surface area (Å²) in [6, 6.07) is 5.72. The molecule has 0 radical (unpaired) electrons. The number of rotatable bonds is 2. The Morgan fingerprint density at radius 2 is 1.92 bits per heavy atom. The van der Waals surface area contributed by atoms with Gasteiger partial charge in [0.1, 0.15) is 0 Å². The molecular weight excluding hydrogens is 164 g/mol. The van der Waals surface area contributed by atoms with Crippen molar-refractivity contribution >= 4 is 5.91 Å². The number of carbonyl (C=O) groups is 1. The lowest BCUT2D eigenvalue weighted by molar-refractivity contribution is -0.118. The van der Waals surface area contributed by atoms with Gasteiger partial charge in [-0.3, -0.25) is 9.78 Å². The van der Waals surface area contributed by atoms with Crippen molar-refractivity contribution in [3.63, 3.8) is 0 Å². The van der Waals surface area contributed by atoms with E-state index in [4.69, 9.17) is 0 Å². The predicted octanol–water partition coefficient (Wildman–Crippen LogP) is 1.61. The van der Waals surface area contributed by atoms with Gasteiger partial charge in [0.15, 0.2) is 0 Å². The van der Waals surface area contributed by atoms with Crippen molar-refractivity contribution in [3.05, 3.63) is 30.6 Å². The minimum atomic E-state index is 0.0573. The van der Waals surface area contributed by atoms with Gasteiger partial charge in [-0.05, 0) is 18.6 Å². The Morgan fingerprint density at radius 3 is 2.08 bits per heavy atom. The number of nitrogens with zero attached hydrogens (tertiary/aromatic N) is 1. The van der Waals surface area contributed by atoms with Crippen molar-refractivity contribution < 1.29 is 4.79 Å². The first-order chi connectivity index (χ1) is 6.27. The second-order valence-corrected chi connectivity index (χ2v) is 2.51. The van der Waals surface area contributed by atoms with E-state index in [1.54, 1.807) is 12.4 Å². The monoisotopic (exact) mass is 180 g/mol. The minimum Gasteiger partial charge on any atom is -0.356 e. The van der Waals surface area contributed by atoms with E-state index in [2.05, 4.69) is 10.3 Å². The summed E-state index contributed by atoms with van der Waals surface area (Å²) in [5.74, 6) is 0.0573. The van der Waals surface area contributed by atoms with Gasteiger partial charge in [-0.1, -0.05) is 13.0 Å². The fraction of sp³-hybridized carbons (Fsp3) is 0.400. The Bertz CT molecular complexity index is 185. The van der Waals surface area contributed by atoms with Crippen molar-refractivity contribution in [1.82, 2.24) is 10.3 Å². The van der Waals surface area contributed by atoms with Crippen LogP contribution in [0.15, 0.2) is 30.6 Å². The molecule has 0 aliphatic carbocycles. The Balaban J connectivity index is 0.000000223. The summed E-state index contributed by atoms with van der Waals surface area (Å²) in [4.78, 5) is 13.9. The summed E-state index contributed by atoms with van der Waals surface area (Å²) in [5.41, 5.74) is 0. The molecule has 1 aromatic rings. The fourth-order valence-electron chi connectivity index (χ4n) is 0.614. The Hall–Kier alpha value is -1.38. The number of nitrogens with one attached hydrogen (secondary N) is 1. The summed E-state index contributed by atoms with van der Waals surface area (Å²) < 4.78 is 0. The lowest BCUT2D eigenvalue weighted by Gasteiger charge is -1.93. The van der Waals surface area contributed by atoms with Crippen molar-refractivity contribution in [3.8, 4) is 0 Å². The van der Waals surface area contributed by atoms with E-state index < -0.39 is 0 Å². The van der Waals surface area contributed by atoms with Gasteiger partial charge in [-0.2, -0.15) is 0 Å². The molecule has 3 nitrogen and oxygen atoms in total. The molecule has 13 heavy (non-hydrogen) atoms. The number of pyridine rings is 1. The fourth-order valence-corrected chi connectivity index (χ4v) is 0.614. The zero-order valence-corrected chi connectivity index (χ0v) is 8.16. The second-order valence-electron chi connectivity index (χ2n) is 2.51. The maximum Gasteiger partial charge on any atom is 0.216 e. The van der Waals surface area contributed by atoms with E-state index in [1.807, 2.05) is 25.1 Å². The van der Waals surface area contributed by atoms with E-state index in [0.29, 0.717) is 0 Å². The predicted molar refractivity (Wildman–Crippen MR) is 53.2 cm³/mol. The van der Waals surface area contributed by atoms with Crippen LogP contribution in [0.4, 0.5) is 0 Å². The molecule has 1 aromatic heterocycles. The largest absolute Gasteiger partial charge is 0.356 e. The number of amides is 1. The summed E-state index contributed by atoms with van der Waals surface area (Å²) in [7, 11) is 0. The number of carbonyl (C=O) groups excluding carboxylic acids is 1. The van der Waals surface area contributed by atoms with Crippen LogP contribution in [0.1, 0.15) is 20.3 Å². The van der Waals surface area contributed by atoms with Crippen LogP contribution in [0.3, 0.4) is 0 Å². The van der Waals surface area contributed by atoms with E-state index in [9.17, 15) is 4.79 Å². The standard InChI is InChI=1S/C5H11NO.C5H5N/c1-3-4-6-5(2)7;1-2-4-6-5-3-1/h3-4H2,1-2H3,(H,6,7);1-5H. The highest BCUT2D eigenvalue weighted by molar-refractivity contribution is 5.72. The summed E-state index contributed by atoms with van der Waals surface area (Å²) in [6.07, 6.45) is 4.51. The van der Waals surface area contributed by atoms with Crippen molar-refractivity contribution in [2.45, 2.75) is 20.3 Å². The maximum absolute atomic E-state index is 10.1. The summed E-state index contributed by atoms with van der Waals surface area (Å²) in [5, 5.41) is 2.66. The third-order valence-corrected chi connectivity index (χ3v) is 1.19. The average molecular weight is 180 g/mol. The van der Waals surface area contributed by atoms with Gasteiger partial charge in [-0.25, -0.2) is 0 Å². The van der Waals surface area contributed by atoms with Crippen LogP contribution >= 0.6 is 0 Å². The molecule has 0 saturated heterocycles. The molecule has 1 rings (SSSR count). The minimum absolute atomic E-state index is 0.0573. The van der Waals surface area contributed by atoms with Crippen LogP contribution in [0, 0.1) is 0 Å². The van der Waals surface area contributed by atoms with E-state index in [1.165, 1.54) is 6.92 Å². The van der Waals surface area contributed by atoms with Crippen molar-refractivity contribution in [2.24, 2.45) is 0 Å². The molecule has 1 amide bonds. The first kappa shape index (κ1) is 11.6. The Kier molecular flexibility index (Phi) is 7.79. The number of hydrogen-bond donors (Lipinski definition) is 1. The van der Waals surface area contributed by atoms with Gasteiger partial charge in [0.2, 0.25) is 5.91 Å². The van der Waals surface area contributed by atoms with Gasteiger partial charge in [0, 0.05) is 25.9 Å². The lowest BCUT2D eigenvalue weighted by Crippen LogP contribution is -2.19. The van der Waals surface area contributed by atoms with Crippen LogP contribution in [-0.4, -0.2) is 17.4 Å². The molecule has 1 N–H and O–H groups in total. The highest BCUT2D eigenvalue weighted by Gasteiger charge is 1.83. The molecule has 0 bridgehead atoms. The topological polar surface area (TPSA) is 42.0 Å². The van der Waals surface area contributed by atoms with Gasteiger partial charge >= 0.3 is 0 Å². The van der Waals surface area contributed by atoms with E-state index in [-0.39, 0.29) is 5.91 Å². The molecule has 0 aliphatic rings. The molecular formula is C10H16N2O. The SMILES string of the molecule is CCCNC(C)=O.c1ccncc1. The first-order valence-electron chi connectivity index (χ1n) is 4.36. The van der Waals surface area contributed by atoms with Crippen molar-refractivity contribution in [1.29, 1.82) is 0 Å². The van der Waals surface area contributed by atoms with Gasteiger partial charge in [0.05, 0.1) is 0 Å². The van der Waals surface area contributed by atoms with Crippen molar-refractivity contribution in [2.75, 3.05) is 6.54 Å². The molecule has 0 saturated carbocycles. The number of aromatic nitrogens is 1. The maximum atomic E-state index is 10.1. The van der Waals surface area contributed by atoms with Crippen LogP contribution in [-0.2, 0) is 4.79 Å². The third kappa shape index (κ3) is 10.6. The van der Waals surface area contributed by atoms with Crippen LogP contribution in [0.25, 0.3) is 0 Å². The Labute approximate surface area is 79.2 Å². The summed E-state index contributed by atoms with van der Waals surface area (Å²) >= 11 is 0. The molecule has 1 heterocycles. The highest BCUT2D eigenvalue weighted by atomic mass is 16.1. The van der Waals surface area contributed by atoms with E-state index in [0.717, 1.165) is 13.0 Å². The molecule has 0 fully saturated rings. The number of hydrogen-bond acceptors (Lipinski definition) is 2. The zero-order chi connectivity index (χ0) is 9.94. The molecule has 0 aromatic carbocycles. The smallest absolute Gasteiger partial charge is 0.216 e. The molecule has 72 valence electrons. The van der Waals surface area contributed by atoms with Gasteiger partial charge in [0.25, 0.3) is 0 Å². The Morgan fingerprint density at radius 1 is 1.31 bits per heavy atom. The van der Waals surface area contributed by atoms with Crippen LogP contribution < -0.4 is 5.32 Å². The second kappa shape index (κ2) is 8.71. The van der Waals surface area contributed by atoms with E-state index >= 15 is 0 Å². The molecule has 0 spiro atoms. The van der Waals surface area contributed by atoms with Crippen LogP contribution in [0.2, 0.25) is 0 Å². The molecule has 3 heteroatoms. The van der Waals surface area contributed by atoms with Gasteiger partial charge in [-0.15, -0.1) is 0 Å². The first-order valence-corrected chi connectivity index (χ1v) is 4.36. The van der Waals surface area contributed by atoms with Gasteiger partial charge < -0.3 is 5.32 Å². The highest BCUT2D eigenvalue weighted by Crippen LogP contribution is 1.73. The quantitative estimate of drug-likeness (QED) is 0.751. The lowest BCUT2D eigenvalue weighted by atomic mass is 10.5. The zero-order valence-electron chi connectivity index (χ0n) is 8.16. The third-order valence-electron chi connectivity index (χ3n) is 1.19.